The molecule has 2 heterocycles. The largest absolute Gasteiger partial charge is 0.368 e. The summed E-state index contributed by atoms with van der Waals surface area (Å²) >= 11 is 12.3. The summed E-state index contributed by atoms with van der Waals surface area (Å²) in [5, 5.41) is 4.47. The molecular formula is C14H15Cl2N5. The maximum atomic E-state index is 6.31. The van der Waals surface area contributed by atoms with Gasteiger partial charge in [-0.15, -0.1) is 0 Å². The van der Waals surface area contributed by atoms with Crippen LogP contribution >= 0.6 is 23.2 Å². The molecule has 1 aliphatic rings. The summed E-state index contributed by atoms with van der Waals surface area (Å²) in [7, 11) is 0. The third-order valence-electron chi connectivity index (χ3n) is 3.43. The van der Waals surface area contributed by atoms with Crippen LogP contribution < -0.4 is 16.0 Å². The lowest BCUT2D eigenvalue weighted by molar-refractivity contribution is 0.588. The fourth-order valence-corrected chi connectivity index (χ4v) is 2.90. The molecule has 0 amide bonds. The number of aromatic nitrogens is 2. The van der Waals surface area contributed by atoms with Gasteiger partial charge in [0, 0.05) is 36.8 Å². The van der Waals surface area contributed by atoms with Crippen molar-refractivity contribution in [3.05, 3.63) is 34.4 Å². The van der Waals surface area contributed by atoms with E-state index in [9.17, 15) is 0 Å². The summed E-state index contributed by atoms with van der Waals surface area (Å²) in [6, 6.07) is 5.36. The highest BCUT2D eigenvalue weighted by molar-refractivity contribution is 6.36. The zero-order chi connectivity index (χ0) is 14.8. The zero-order valence-electron chi connectivity index (χ0n) is 11.3. The molecule has 0 radical (unpaired) electrons. The summed E-state index contributed by atoms with van der Waals surface area (Å²) < 4.78 is 0. The van der Waals surface area contributed by atoms with Gasteiger partial charge in [0.05, 0.1) is 16.9 Å². The first kappa shape index (κ1) is 14.4. The van der Waals surface area contributed by atoms with Gasteiger partial charge in [0.15, 0.2) is 0 Å². The van der Waals surface area contributed by atoms with E-state index in [0.717, 1.165) is 43.1 Å². The van der Waals surface area contributed by atoms with Crippen LogP contribution in [-0.4, -0.2) is 36.1 Å². The molecule has 2 aromatic rings. The van der Waals surface area contributed by atoms with Crippen LogP contribution in [0.5, 0.6) is 0 Å². The molecule has 1 aliphatic heterocycles. The summed E-state index contributed by atoms with van der Waals surface area (Å²) in [5.41, 5.74) is 8.24. The molecule has 1 aromatic heterocycles. The maximum Gasteiger partial charge on any atom is 0.220 e. The Labute approximate surface area is 133 Å². The number of rotatable bonds is 2. The Morgan fingerprint density at radius 1 is 1.19 bits per heavy atom. The van der Waals surface area contributed by atoms with Crippen LogP contribution in [0, 0.1) is 0 Å². The number of piperazine rings is 1. The van der Waals surface area contributed by atoms with Crippen molar-refractivity contribution in [3.63, 3.8) is 0 Å². The van der Waals surface area contributed by atoms with Crippen LogP contribution in [0.25, 0.3) is 11.3 Å². The van der Waals surface area contributed by atoms with Gasteiger partial charge >= 0.3 is 0 Å². The highest BCUT2D eigenvalue weighted by Gasteiger charge is 2.19. The molecule has 5 nitrogen and oxygen atoms in total. The quantitative estimate of drug-likeness (QED) is 0.888. The summed E-state index contributed by atoms with van der Waals surface area (Å²) in [6.45, 7) is 3.65. The summed E-state index contributed by atoms with van der Waals surface area (Å²) in [6.07, 6.45) is 1.76. The minimum Gasteiger partial charge on any atom is -0.368 e. The van der Waals surface area contributed by atoms with E-state index in [4.69, 9.17) is 28.9 Å². The average Bonchev–Trinajstić information content (AvgIpc) is 2.48. The van der Waals surface area contributed by atoms with Crippen molar-refractivity contribution < 1.29 is 0 Å². The minimum absolute atomic E-state index is 0.231. The molecule has 1 fully saturated rings. The van der Waals surface area contributed by atoms with Gasteiger partial charge in [-0.25, -0.2) is 9.97 Å². The van der Waals surface area contributed by atoms with Crippen LogP contribution in [0.15, 0.2) is 24.4 Å². The third-order valence-corrected chi connectivity index (χ3v) is 3.98. The number of anilines is 2. The first-order valence-corrected chi connectivity index (χ1v) is 7.44. The lowest BCUT2D eigenvalue weighted by Gasteiger charge is -2.30. The molecule has 0 saturated carbocycles. The molecule has 3 rings (SSSR count). The molecule has 7 heteroatoms. The Balaban J connectivity index is 2.09. The van der Waals surface area contributed by atoms with Gasteiger partial charge in [0.25, 0.3) is 0 Å². The van der Waals surface area contributed by atoms with E-state index in [-0.39, 0.29) is 5.95 Å². The molecule has 3 N–H and O–H groups in total. The maximum absolute atomic E-state index is 6.31. The molecule has 1 saturated heterocycles. The fourth-order valence-electron chi connectivity index (χ4n) is 2.41. The van der Waals surface area contributed by atoms with Gasteiger partial charge in [-0.05, 0) is 18.2 Å². The number of hydrogen-bond acceptors (Lipinski definition) is 5. The van der Waals surface area contributed by atoms with Gasteiger partial charge in [0.1, 0.15) is 5.69 Å². The molecule has 1 aromatic carbocycles. The van der Waals surface area contributed by atoms with Crippen LogP contribution in [0.4, 0.5) is 11.6 Å². The van der Waals surface area contributed by atoms with Crippen molar-refractivity contribution in [2.75, 3.05) is 36.8 Å². The third kappa shape index (κ3) is 3.05. The Morgan fingerprint density at radius 2 is 1.95 bits per heavy atom. The van der Waals surface area contributed by atoms with Gasteiger partial charge in [-0.3, -0.25) is 0 Å². The minimum atomic E-state index is 0.231. The second-order valence-electron chi connectivity index (χ2n) is 4.82. The van der Waals surface area contributed by atoms with E-state index in [1.165, 1.54) is 0 Å². The highest BCUT2D eigenvalue weighted by atomic mass is 35.5. The van der Waals surface area contributed by atoms with Gasteiger partial charge in [-0.1, -0.05) is 23.2 Å². The molecule has 110 valence electrons. The Hall–Kier alpha value is -1.56. The van der Waals surface area contributed by atoms with Crippen molar-refractivity contribution in [1.29, 1.82) is 0 Å². The number of nitrogens with zero attached hydrogens (tertiary/aromatic N) is 3. The first-order chi connectivity index (χ1) is 10.1. The Bertz CT molecular complexity index is 656. The predicted molar refractivity (Wildman–Crippen MR) is 87.0 cm³/mol. The van der Waals surface area contributed by atoms with Gasteiger partial charge in [0.2, 0.25) is 5.95 Å². The second-order valence-corrected chi connectivity index (χ2v) is 5.67. The first-order valence-electron chi connectivity index (χ1n) is 6.69. The van der Waals surface area contributed by atoms with Crippen LogP contribution in [0.2, 0.25) is 10.0 Å². The SMILES string of the molecule is Nc1ncc(N2CCNCC2)c(-c2ccc(Cl)cc2Cl)n1. The molecule has 0 spiro atoms. The van der Waals surface area contributed by atoms with Gasteiger partial charge < -0.3 is 16.0 Å². The van der Waals surface area contributed by atoms with Crippen molar-refractivity contribution in [2.45, 2.75) is 0 Å². The second kappa shape index (κ2) is 6.05. The highest BCUT2D eigenvalue weighted by Crippen LogP contribution is 2.35. The topological polar surface area (TPSA) is 67.1 Å². The standard InChI is InChI=1S/C14H15Cl2N5/c15-9-1-2-10(11(16)7-9)13-12(8-19-14(17)20-13)21-5-3-18-4-6-21/h1-2,7-8,18H,3-6H2,(H2,17,19,20). The van der Waals surface area contributed by atoms with E-state index in [1.54, 1.807) is 18.3 Å². The molecule has 0 bridgehead atoms. The van der Waals surface area contributed by atoms with Crippen molar-refractivity contribution in [3.8, 4) is 11.3 Å². The van der Waals surface area contributed by atoms with E-state index in [2.05, 4.69) is 20.2 Å². The number of nitrogen functional groups attached to an aromatic ring is 1. The molecule has 0 aliphatic carbocycles. The van der Waals surface area contributed by atoms with Crippen molar-refractivity contribution in [1.82, 2.24) is 15.3 Å². The van der Waals surface area contributed by atoms with Crippen LogP contribution in [-0.2, 0) is 0 Å². The summed E-state index contributed by atoms with van der Waals surface area (Å²) in [5.74, 6) is 0.231. The normalized spacial score (nSPS) is 15.2. The average molecular weight is 324 g/mol. The van der Waals surface area contributed by atoms with E-state index < -0.39 is 0 Å². The Morgan fingerprint density at radius 3 is 2.67 bits per heavy atom. The molecule has 0 atom stereocenters. The smallest absolute Gasteiger partial charge is 0.220 e. The zero-order valence-corrected chi connectivity index (χ0v) is 12.8. The molecule has 0 unspecified atom stereocenters. The number of hydrogen-bond donors (Lipinski definition) is 2. The number of halogens is 2. The lowest BCUT2D eigenvalue weighted by atomic mass is 10.1. The van der Waals surface area contributed by atoms with Crippen LogP contribution in [0.1, 0.15) is 0 Å². The van der Waals surface area contributed by atoms with E-state index in [1.807, 2.05) is 6.07 Å². The molecular weight excluding hydrogens is 309 g/mol. The van der Waals surface area contributed by atoms with Crippen molar-refractivity contribution in [2.24, 2.45) is 0 Å². The van der Waals surface area contributed by atoms with Gasteiger partial charge in [-0.2, -0.15) is 0 Å². The number of benzene rings is 1. The van der Waals surface area contributed by atoms with Crippen molar-refractivity contribution >= 4 is 34.8 Å². The van der Waals surface area contributed by atoms with E-state index >= 15 is 0 Å². The van der Waals surface area contributed by atoms with Crippen LogP contribution in [0.3, 0.4) is 0 Å². The predicted octanol–water partition coefficient (Wildman–Crippen LogP) is 2.44. The van der Waals surface area contributed by atoms with E-state index in [0.29, 0.717) is 10.0 Å². The number of nitrogens with two attached hydrogens (primary N) is 1. The molecule has 21 heavy (non-hydrogen) atoms. The fraction of sp³-hybridized carbons (Fsp3) is 0.286. The number of nitrogens with one attached hydrogen (secondary N) is 1. The Kier molecular flexibility index (Phi) is 4.14. The summed E-state index contributed by atoms with van der Waals surface area (Å²) in [4.78, 5) is 10.7. The lowest BCUT2D eigenvalue weighted by Crippen LogP contribution is -2.43. The monoisotopic (exact) mass is 323 g/mol.